The number of nitrogens with zero attached hydrogens (tertiary/aromatic N) is 2. The zero-order valence-electron chi connectivity index (χ0n) is 17.4. The Bertz CT molecular complexity index is 1130. The largest absolute Gasteiger partial charge is 0.334 e. The van der Waals surface area contributed by atoms with Crippen LogP contribution in [-0.2, 0) is 4.79 Å². The normalized spacial score (nSPS) is 13.0. The van der Waals surface area contributed by atoms with E-state index in [4.69, 9.17) is 11.6 Å². The van der Waals surface area contributed by atoms with Crippen molar-refractivity contribution in [2.45, 2.75) is 32.2 Å². The van der Waals surface area contributed by atoms with Crippen molar-refractivity contribution in [2.75, 3.05) is 17.2 Å². The zero-order chi connectivity index (χ0) is 22.7. The Morgan fingerprint density at radius 1 is 1.22 bits per heavy atom. The lowest BCUT2D eigenvalue weighted by Gasteiger charge is -2.21. The minimum atomic E-state index is -0.365. The van der Waals surface area contributed by atoms with Crippen molar-refractivity contribution in [3.8, 4) is 0 Å². The van der Waals surface area contributed by atoms with Gasteiger partial charge in [-0.15, -0.1) is 11.3 Å². The summed E-state index contributed by atoms with van der Waals surface area (Å²) in [5.41, 5.74) is 2.72. The van der Waals surface area contributed by atoms with Crippen molar-refractivity contribution in [2.24, 2.45) is 0 Å². The van der Waals surface area contributed by atoms with Crippen LogP contribution in [0.3, 0.4) is 0 Å². The first kappa shape index (κ1) is 22.2. The van der Waals surface area contributed by atoms with Gasteiger partial charge in [-0.3, -0.25) is 9.59 Å². The van der Waals surface area contributed by atoms with Crippen LogP contribution in [0.25, 0.3) is 0 Å². The molecule has 166 valence electrons. The molecule has 1 heterocycles. The lowest BCUT2D eigenvalue weighted by molar-refractivity contribution is -0.116. The van der Waals surface area contributed by atoms with Gasteiger partial charge in [0, 0.05) is 40.8 Å². The van der Waals surface area contributed by atoms with Gasteiger partial charge in [0.05, 0.1) is 0 Å². The molecule has 9 heteroatoms. The van der Waals surface area contributed by atoms with Gasteiger partial charge in [-0.05, 0) is 61.7 Å². The van der Waals surface area contributed by atoms with E-state index in [9.17, 15) is 14.0 Å². The quantitative estimate of drug-likeness (QED) is 0.446. The van der Waals surface area contributed by atoms with Gasteiger partial charge < -0.3 is 15.5 Å². The summed E-state index contributed by atoms with van der Waals surface area (Å²) in [7, 11) is 0. The number of amides is 2. The molecule has 32 heavy (non-hydrogen) atoms. The van der Waals surface area contributed by atoms with Gasteiger partial charge >= 0.3 is 0 Å². The van der Waals surface area contributed by atoms with E-state index in [1.165, 1.54) is 35.6 Å². The van der Waals surface area contributed by atoms with Crippen LogP contribution in [0.2, 0.25) is 5.02 Å². The Morgan fingerprint density at radius 3 is 2.69 bits per heavy atom. The van der Waals surface area contributed by atoms with Crippen molar-refractivity contribution in [3.05, 3.63) is 69.9 Å². The number of rotatable bonds is 8. The number of carbonyl (C=O) groups is 2. The number of hydrogen-bond donors (Lipinski definition) is 2. The average molecular weight is 473 g/mol. The van der Waals surface area contributed by atoms with Gasteiger partial charge in [-0.1, -0.05) is 17.7 Å². The molecule has 3 aromatic rings. The second kappa shape index (κ2) is 9.67. The Kier molecular flexibility index (Phi) is 6.72. The standard InChI is InChI=1S/C23H22ClFN4O2S/c1-14-2-3-15(24)12-19(14)27-23-28-20(13-32-23)22(31)29(18-8-9-18)11-10-21(30)26-17-6-4-16(25)5-7-17/h2-7,12-13,18H,8-11H2,1H3,(H,26,30)(H,27,28). The third kappa shape index (κ3) is 5.63. The summed E-state index contributed by atoms with van der Waals surface area (Å²) in [5.74, 6) is -0.780. The summed E-state index contributed by atoms with van der Waals surface area (Å²) in [6, 6.07) is 11.3. The molecule has 1 fully saturated rings. The van der Waals surface area contributed by atoms with E-state index in [-0.39, 0.29) is 30.1 Å². The summed E-state index contributed by atoms with van der Waals surface area (Å²) in [5, 5.41) is 8.88. The smallest absolute Gasteiger partial charge is 0.273 e. The van der Waals surface area contributed by atoms with Crippen LogP contribution in [0.1, 0.15) is 35.3 Å². The Hall–Kier alpha value is -2.97. The van der Waals surface area contributed by atoms with Gasteiger partial charge in [0.2, 0.25) is 5.91 Å². The maximum atomic E-state index is 13.1. The molecule has 0 bridgehead atoms. The summed E-state index contributed by atoms with van der Waals surface area (Å²) < 4.78 is 13.0. The molecular formula is C23H22ClFN4O2S. The van der Waals surface area contributed by atoms with Crippen LogP contribution >= 0.6 is 22.9 Å². The Balaban J connectivity index is 1.37. The molecule has 0 atom stereocenters. The van der Waals surface area contributed by atoms with E-state index < -0.39 is 0 Å². The van der Waals surface area contributed by atoms with Crippen LogP contribution in [0.4, 0.5) is 20.9 Å². The minimum Gasteiger partial charge on any atom is -0.334 e. The van der Waals surface area contributed by atoms with Gasteiger partial charge in [-0.2, -0.15) is 0 Å². The fourth-order valence-electron chi connectivity index (χ4n) is 3.24. The number of benzene rings is 2. The third-order valence-corrected chi connectivity index (χ3v) is 6.11. The Labute approximate surface area is 194 Å². The molecule has 2 aromatic carbocycles. The molecule has 2 N–H and O–H groups in total. The van der Waals surface area contributed by atoms with E-state index in [1.807, 2.05) is 25.1 Å². The number of nitrogens with one attached hydrogen (secondary N) is 2. The second-order valence-electron chi connectivity index (χ2n) is 7.66. The van der Waals surface area contributed by atoms with E-state index in [0.717, 1.165) is 24.1 Å². The van der Waals surface area contributed by atoms with Gasteiger partial charge in [0.25, 0.3) is 5.91 Å². The highest BCUT2D eigenvalue weighted by molar-refractivity contribution is 7.14. The van der Waals surface area contributed by atoms with E-state index in [2.05, 4.69) is 15.6 Å². The topological polar surface area (TPSA) is 74.3 Å². The third-order valence-electron chi connectivity index (χ3n) is 5.12. The van der Waals surface area contributed by atoms with E-state index in [1.54, 1.807) is 10.3 Å². The number of aromatic nitrogens is 1. The number of aryl methyl sites for hydroxylation is 1. The van der Waals surface area contributed by atoms with Gasteiger partial charge in [0.1, 0.15) is 11.5 Å². The first-order valence-electron chi connectivity index (χ1n) is 10.2. The minimum absolute atomic E-state index is 0.134. The highest BCUT2D eigenvalue weighted by Gasteiger charge is 2.34. The molecule has 1 aromatic heterocycles. The molecular weight excluding hydrogens is 451 g/mol. The first-order chi connectivity index (χ1) is 15.4. The summed E-state index contributed by atoms with van der Waals surface area (Å²) in [4.78, 5) is 31.5. The first-order valence-corrected chi connectivity index (χ1v) is 11.5. The molecule has 1 aliphatic carbocycles. The van der Waals surface area contributed by atoms with Crippen molar-refractivity contribution in [1.29, 1.82) is 0 Å². The fraction of sp³-hybridized carbons (Fsp3) is 0.261. The number of carbonyl (C=O) groups excluding carboxylic acids is 2. The predicted octanol–water partition coefficient (Wildman–Crippen LogP) is 5.62. The van der Waals surface area contributed by atoms with Crippen LogP contribution in [-0.4, -0.2) is 34.3 Å². The molecule has 4 rings (SSSR count). The summed E-state index contributed by atoms with van der Waals surface area (Å²) >= 11 is 7.41. The van der Waals surface area contributed by atoms with E-state index in [0.29, 0.717) is 28.1 Å². The average Bonchev–Trinajstić information content (AvgIpc) is 3.50. The molecule has 0 aliphatic heterocycles. The molecule has 2 amide bonds. The lowest BCUT2D eigenvalue weighted by Crippen LogP contribution is -2.35. The molecule has 1 saturated carbocycles. The number of thiazole rings is 1. The van der Waals surface area contributed by atoms with Crippen molar-refractivity contribution >= 4 is 51.3 Å². The van der Waals surface area contributed by atoms with Gasteiger partial charge in [-0.25, -0.2) is 9.37 Å². The second-order valence-corrected chi connectivity index (χ2v) is 8.95. The van der Waals surface area contributed by atoms with Gasteiger partial charge in [0.15, 0.2) is 5.13 Å². The number of anilines is 3. The van der Waals surface area contributed by atoms with Crippen LogP contribution in [0.5, 0.6) is 0 Å². The molecule has 0 radical (unpaired) electrons. The highest BCUT2D eigenvalue weighted by atomic mass is 35.5. The molecule has 1 aliphatic rings. The molecule has 6 nitrogen and oxygen atoms in total. The zero-order valence-corrected chi connectivity index (χ0v) is 19.0. The monoisotopic (exact) mass is 472 g/mol. The summed E-state index contributed by atoms with van der Waals surface area (Å²) in [6.45, 7) is 2.26. The van der Waals surface area contributed by atoms with Crippen LogP contribution < -0.4 is 10.6 Å². The molecule has 0 spiro atoms. The van der Waals surface area contributed by atoms with E-state index >= 15 is 0 Å². The number of hydrogen-bond acceptors (Lipinski definition) is 5. The van der Waals surface area contributed by atoms with Crippen molar-refractivity contribution in [3.63, 3.8) is 0 Å². The van der Waals surface area contributed by atoms with Crippen molar-refractivity contribution < 1.29 is 14.0 Å². The van der Waals surface area contributed by atoms with Crippen LogP contribution in [0, 0.1) is 12.7 Å². The summed E-state index contributed by atoms with van der Waals surface area (Å²) in [6.07, 6.45) is 1.99. The number of halogens is 2. The lowest BCUT2D eigenvalue weighted by atomic mass is 10.2. The SMILES string of the molecule is Cc1ccc(Cl)cc1Nc1nc(C(=O)N(CCC(=O)Nc2ccc(F)cc2)C2CC2)cs1. The predicted molar refractivity (Wildman–Crippen MR) is 125 cm³/mol. The fourth-order valence-corrected chi connectivity index (χ4v) is 4.10. The maximum Gasteiger partial charge on any atom is 0.273 e. The highest BCUT2D eigenvalue weighted by Crippen LogP contribution is 2.30. The Morgan fingerprint density at radius 2 is 1.97 bits per heavy atom. The van der Waals surface area contributed by atoms with Crippen LogP contribution in [0.15, 0.2) is 47.8 Å². The maximum absolute atomic E-state index is 13.1. The molecule has 0 unspecified atom stereocenters. The molecule has 0 saturated heterocycles. The van der Waals surface area contributed by atoms with Crippen molar-refractivity contribution in [1.82, 2.24) is 9.88 Å².